The van der Waals surface area contributed by atoms with Crippen LogP contribution < -0.4 is 0 Å². The largest absolute Gasteiger partial charge is 0.490 e. The Morgan fingerprint density at radius 3 is 2.71 bits per heavy atom. The summed E-state index contributed by atoms with van der Waals surface area (Å²) in [5.74, 6) is -2.45. The van der Waals surface area contributed by atoms with Crippen LogP contribution in [0.2, 0.25) is 0 Å². The minimum atomic E-state index is -5.08. The number of thiazole rings is 1. The molecular formula is C19H24F3N5O3S. The van der Waals surface area contributed by atoms with Gasteiger partial charge in [0.1, 0.15) is 5.01 Å². The van der Waals surface area contributed by atoms with Crippen LogP contribution >= 0.6 is 11.3 Å². The Morgan fingerprint density at radius 2 is 2.13 bits per heavy atom. The molecule has 1 unspecified atom stereocenters. The Labute approximate surface area is 181 Å². The molecule has 1 atom stereocenters. The van der Waals surface area contributed by atoms with Gasteiger partial charge < -0.3 is 10.0 Å². The molecule has 0 spiro atoms. The minimum Gasteiger partial charge on any atom is -0.475 e. The fraction of sp³-hybridized carbons (Fsp3) is 0.579. The molecule has 1 fully saturated rings. The predicted octanol–water partition coefficient (Wildman–Crippen LogP) is 2.85. The fourth-order valence-electron chi connectivity index (χ4n) is 3.71. The van der Waals surface area contributed by atoms with Gasteiger partial charge in [-0.2, -0.15) is 18.3 Å². The standard InChI is InChI=1S/C17H23N5OS.C2HF3O2/c1-13-12-24-16(19-13)11-20-9-14-4-6-18-22(14)15(10-20)5-8-21-7-2-3-17(21)23;3-2(4,5)1(6)7/h4,6,12,15H,2-3,5,7-11H2,1H3;(H,6,7). The first-order chi connectivity index (χ1) is 14.6. The number of alkyl halides is 3. The molecule has 1 saturated heterocycles. The van der Waals surface area contributed by atoms with Gasteiger partial charge in [-0.25, -0.2) is 9.78 Å². The van der Waals surface area contributed by atoms with Crippen LogP contribution in [0.1, 0.15) is 41.7 Å². The summed E-state index contributed by atoms with van der Waals surface area (Å²) in [5, 5.41) is 14.9. The number of hydrogen-bond donors (Lipinski definition) is 1. The third kappa shape index (κ3) is 6.26. The number of hydrogen-bond acceptors (Lipinski definition) is 6. The zero-order chi connectivity index (χ0) is 22.6. The van der Waals surface area contributed by atoms with Crippen molar-refractivity contribution in [3.05, 3.63) is 34.0 Å². The van der Waals surface area contributed by atoms with Crippen LogP contribution in [0.3, 0.4) is 0 Å². The molecule has 170 valence electrons. The molecule has 12 heteroatoms. The molecule has 2 aromatic heterocycles. The number of aryl methyl sites for hydroxylation is 1. The summed E-state index contributed by atoms with van der Waals surface area (Å²) in [4.78, 5) is 29.8. The molecule has 4 heterocycles. The van der Waals surface area contributed by atoms with Crippen molar-refractivity contribution in [3.8, 4) is 0 Å². The lowest BCUT2D eigenvalue weighted by Crippen LogP contribution is -2.39. The monoisotopic (exact) mass is 459 g/mol. The second-order valence-electron chi connectivity index (χ2n) is 7.55. The Bertz CT molecular complexity index is 914. The predicted molar refractivity (Wildman–Crippen MR) is 106 cm³/mol. The van der Waals surface area contributed by atoms with E-state index in [9.17, 15) is 18.0 Å². The summed E-state index contributed by atoms with van der Waals surface area (Å²) in [6.45, 7) is 6.57. The van der Waals surface area contributed by atoms with Crippen molar-refractivity contribution in [2.75, 3.05) is 19.6 Å². The molecule has 0 bridgehead atoms. The number of rotatable bonds is 5. The molecule has 1 amide bonds. The van der Waals surface area contributed by atoms with Gasteiger partial charge in [-0.1, -0.05) is 0 Å². The van der Waals surface area contributed by atoms with Gasteiger partial charge in [0.15, 0.2) is 0 Å². The average molecular weight is 459 g/mol. The van der Waals surface area contributed by atoms with Gasteiger partial charge in [0.05, 0.1) is 18.3 Å². The van der Waals surface area contributed by atoms with Gasteiger partial charge in [0, 0.05) is 49.9 Å². The van der Waals surface area contributed by atoms with Crippen LogP contribution in [0.5, 0.6) is 0 Å². The highest BCUT2D eigenvalue weighted by Gasteiger charge is 2.38. The molecule has 0 radical (unpaired) electrons. The lowest BCUT2D eigenvalue weighted by Gasteiger charge is -2.34. The quantitative estimate of drug-likeness (QED) is 0.740. The SMILES string of the molecule is Cc1csc(CN2Cc3ccnn3C(CCN3CCCC3=O)C2)n1.O=C(O)C(F)(F)F. The van der Waals surface area contributed by atoms with Crippen molar-refractivity contribution in [3.63, 3.8) is 0 Å². The Balaban J connectivity index is 0.000000339. The van der Waals surface area contributed by atoms with Crippen LogP contribution in [0.4, 0.5) is 13.2 Å². The van der Waals surface area contributed by atoms with Crippen molar-refractivity contribution in [1.82, 2.24) is 24.6 Å². The Kier molecular flexibility index (Phi) is 7.31. The zero-order valence-electron chi connectivity index (χ0n) is 17.0. The molecule has 0 aliphatic carbocycles. The first-order valence-electron chi connectivity index (χ1n) is 9.87. The highest BCUT2D eigenvalue weighted by atomic mass is 32.1. The fourth-order valence-corrected chi connectivity index (χ4v) is 4.52. The summed E-state index contributed by atoms with van der Waals surface area (Å²) in [6, 6.07) is 2.44. The first kappa shape index (κ1) is 23.2. The van der Waals surface area contributed by atoms with E-state index >= 15 is 0 Å². The van der Waals surface area contributed by atoms with Crippen molar-refractivity contribution >= 4 is 23.2 Å². The third-order valence-corrected chi connectivity index (χ3v) is 6.08. The molecule has 31 heavy (non-hydrogen) atoms. The van der Waals surface area contributed by atoms with Crippen LogP contribution in [-0.4, -0.2) is 67.4 Å². The molecule has 4 rings (SSSR count). The number of carboxylic acids is 1. The number of carboxylic acid groups (broad SMARTS) is 1. The molecule has 1 N–H and O–H groups in total. The number of halogens is 3. The van der Waals surface area contributed by atoms with E-state index < -0.39 is 12.1 Å². The molecule has 0 saturated carbocycles. The number of amides is 1. The van der Waals surface area contributed by atoms with E-state index in [1.165, 1.54) is 10.7 Å². The number of nitrogens with zero attached hydrogens (tertiary/aromatic N) is 5. The number of likely N-dealkylation sites (tertiary alicyclic amines) is 1. The number of aliphatic carboxylic acids is 1. The second-order valence-corrected chi connectivity index (χ2v) is 8.49. The van der Waals surface area contributed by atoms with Gasteiger partial charge in [0.2, 0.25) is 5.91 Å². The third-order valence-electron chi connectivity index (χ3n) is 5.12. The van der Waals surface area contributed by atoms with E-state index in [1.54, 1.807) is 11.3 Å². The van der Waals surface area contributed by atoms with Gasteiger partial charge in [-0.05, 0) is 25.8 Å². The Hall–Kier alpha value is -2.47. The molecule has 2 aliphatic rings. The molecular weight excluding hydrogens is 435 g/mol. The van der Waals surface area contributed by atoms with E-state index in [0.29, 0.717) is 18.4 Å². The number of carbonyl (C=O) groups excluding carboxylic acids is 1. The summed E-state index contributed by atoms with van der Waals surface area (Å²) in [5.41, 5.74) is 2.36. The van der Waals surface area contributed by atoms with Crippen LogP contribution in [0.25, 0.3) is 0 Å². The van der Waals surface area contributed by atoms with Crippen LogP contribution in [0.15, 0.2) is 17.6 Å². The van der Waals surface area contributed by atoms with Gasteiger partial charge in [-0.3, -0.25) is 14.4 Å². The summed E-state index contributed by atoms with van der Waals surface area (Å²) < 4.78 is 33.9. The van der Waals surface area contributed by atoms with E-state index in [4.69, 9.17) is 9.90 Å². The smallest absolute Gasteiger partial charge is 0.475 e. The van der Waals surface area contributed by atoms with Crippen LogP contribution in [-0.2, 0) is 22.7 Å². The second kappa shape index (κ2) is 9.77. The highest BCUT2D eigenvalue weighted by molar-refractivity contribution is 7.09. The maximum Gasteiger partial charge on any atom is 0.490 e. The van der Waals surface area contributed by atoms with Crippen molar-refractivity contribution in [2.24, 2.45) is 0 Å². The Morgan fingerprint density at radius 1 is 1.39 bits per heavy atom. The number of fused-ring (bicyclic) bond motifs is 1. The van der Waals surface area contributed by atoms with E-state index in [0.717, 1.165) is 51.3 Å². The maximum absolute atomic E-state index is 11.8. The van der Waals surface area contributed by atoms with E-state index in [1.807, 2.05) is 18.0 Å². The number of aromatic nitrogens is 3. The maximum atomic E-state index is 11.8. The minimum absolute atomic E-state index is 0.307. The van der Waals surface area contributed by atoms with Gasteiger partial charge in [0.25, 0.3) is 0 Å². The molecule has 8 nitrogen and oxygen atoms in total. The van der Waals surface area contributed by atoms with E-state index in [-0.39, 0.29) is 0 Å². The highest BCUT2D eigenvalue weighted by Crippen LogP contribution is 2.26. The van der Waals surface area contributed by atoms with Crippen molar-refractivity contribution in [1.29, 1.82) is 0 Å². The lowest BCUT2D eigenvalue weighted by atomic mass is 10.1. The lowest BCUT2D eigenvalue weighted by molar-refractivity contribution is -0.192. The molecule has 2 aromatic rings. The molecule has 2 aliphatic heterocycles. The van der Waals surface area contributed by atoms with Gasteiger partial charge >= 0.3 is 12.1 Å². The van der Waals surface area contributed by atoms with Gasteiger partial charge in [-0.15, -0.1) is 11.3 Å². The van der Waals surface area contributed by atoms with Crippen LogP contribution in [0, 0.1) is 6.92 Å². The van der Waals surface area contributed by atoms with Crippen molar-refractivity contribution in [2.45, 2.75) is 51.5 Å². The normalized spacial score (nSPS) is 19.2. The average Bonchev–Trinajstić information content (AvgIpc) is 3.41. The first-order valence-corrected chi connectivity index (χ1v) is 10.7. The summed E-state index contributed by atoms with van der Waals surface area (Å²) >= 11 is 1.73. The van der Waals surface area contributed by atoms with E-state index in [2.05, 4.69) is 31.1 Å². The topological polar surface area (TPSA) is 91.6 Å². The zero-order valence-corrected chi connectivity index (χ0v) is 17.8. The number of carbonyl (C=O) groups is 2. The summed E-state index contributed by atoms with van der Waals surface area (Å²) in [7, 11) is 0. The summed E-state index contributed by atoms with van der Waals surface area (Å²) in [6.07, 6.45) is -0.506. The molecule has 0 aromatic carbocycles. The van der Waals surface area contributed by atoms with Crippen molar-refractivity contribution < 1.29 is 27.9 Å².